The molecule has 0 radical (unpaired) electrons. The molecule has 10 heteroatoms. The highest BCUT2D eigenvalue weighted by molar-refractivity contribution is 6.46. The molecule has 0 spiro atoms. The molecule has 1 atom stereocenters. The van der Waals surface area contributed by atoms with Crippen molar-refractivity contribution in [2.75, 3.05) is 6.54 Å². The van der Waals surface area contributed by atoms with Crippen LogP contribution in [0, 0.1) is 22.9 Å². The van der Waals surface area contributed by atoms with Crippen molar-refractivity contribution >= 4 is 23.1 Å². The fraction of sp³-hybridized carbons (Fsp3) is 0.208. The highest BCUT2D eigenvalue weighted by Gasteiger charge is 2.46. The third-order valence-corrected chi connectivity index (χ3v) is 5.76. The number of carbonyl (C=O) groups is 2. The van der Waals surface area contributed by atoms with Gasteiger partial charge in [-0.2, -0.15) is 0 Å². The first-order chi connectivity index (χ1) is 16.3. The Hall–Kier alpha value is -4.34. The molecule has 1 amide bonds. The molecule has 2 heterocycles. The molecule has 0 saturated carbocycles. The molecular formula is C24H21FN4O5. The minimum Gasteiger partial charge on any atom is -0.507 e. The summed E-state index contributed by atoms with van der Waals surface area (Å²) in [5.41, 5.74) is 0.228. The smallest absolute Gasteiger partial charge is 0.295 e. The van der Waals surface area contributed by atoms with Crippen LogP contribution in [0.5, 0.6) is 0 Å². The van der Waals surface area contributed by atoms with Crippen LogP contribution in [0.4, 0.5) is 10.1 Å². The molecule has 0 aliphatic carbocycles. The van der Waals surface area contributed by atoms with Crippen molar-refractivity contribution in [3.63, 3.8) is 0 Å². The number of hydrogen-bond acceptors (Lipinski definition) is 6. The van der Waals surface area contributed by atoms with Gasteiger partial charge in [-0.1, -0.05) is 24.3 Å². The number of aliphatic hydroxyl groups is 1. The van der Waals surface area contributed by atoms with E-state index in [1.165, 1.54) is 35.2 Å². The first kappa shape index (κ1) is 22.8. The van der Waals surface area contributed by atoms with Gasteiger partial charge >= 0.3 is 0 Å². The number of likely N-dealkylation sites (tertiary alicyclic amines) is 1. The van der Waals surface area contributed by atoms with E-state index < -0.39 is 34.2 Å². The number of non-ortho nitro benzene ring substituents is 1. The molecule has 1 aromatic heterocycles. The summed E-state index contributed by atoms with van der Waals surface area (Å²) >= 11 is 0. The van der Waals surface area contributed by atoms with Gasteiger partial charge in [-0.15, -0.1) is 0 Å². The van der Waals surface area contributed by atoms with E-state index in [1.807, 2.05) is 4.57 Å². The van der Waals surface area contributed by atoms with Gasteiger partial charge < -0.3 is 14.6 Å². The van der Waals surface area contributed by atoms with Gasteiger partial charge in [-0.05, 0) is 30.5 Å². The summed E-state index contributed by atoms with van der Waals surface area (Å²) in [6.45, 7) is 2.23. The number of nitrogens with zero attached hydrogens (tertiary/aromatic N) is 4. The summed E-state index contributed by atoms with van der Waals surface area (Å²) in [7, 11) is 0. The molecule has 174 valence electrons. The van der Waals surface area contributed by atoms with Crippen LogP contribution in [0.3, 0.4) is 0 Å². The maximum absolute atomic E-state index is 14.2. The second kappa shape index (κ2) is 9.26. The van der Waals surface area contributed by atoms with Crippen LogP contribution in [0.25, 0.3) is 5.76 Å². The number of nitro benzene ring substituents is 1. The average Bonchev–Trinajstić information content (AvgIpc) is 3.42. The van der Waals surface area contributed by atoms with Gasteiger partial charge in [-0.25, -0.2) is 9.37 Å². The summed E-state index contributed by atoms with van der Waals surface area (Å²) in [6.07, 6.45) is 5.47. The van der Waals surface area contributed by atoms with E-state index in [9.17, 15) is 29.2 Å². The lowest BCUT2D eigenvalue weighted by atomic mass is 9.94. The third kappa shape index (κ3) is 4.29. The predicted octanol–water partition coefficient (Wildman–Crippen LogP) is 3.75. The number of nitro groups is 1. The van der Waals surface area contributed by atoms with Crippen molar-refractivity contribution < 1.29 is 24.0 Å². The zero-order chi connectivity index (χ0) is 24.4. The van der Waals surface area contributed by atoms with Crippen LogP contribution in [0.1, 0.15) is 29.2 Å². The molecular weight excluding hydrogens is 443 g/mol. The van der Waals surface area contributed by atoms with E-state index in [2.05, 4.69) is 4.98 Å². The predicted molar refractivity (Wildman–Crippen MR) is 120 cm³/mol. The first-order valence-corrected chi connectivity index (χ1v) is 10.5. The van der Waals surface area contributed by atoms with Crippen LogP contribution in [0.2, 0.25) is 0 Å². The SMILES string of the molecule is Cc1ccc(C(O)=C2C(=O)C(=O)N(CCCn3ccnc3)C2c2cccc([N+](=O)[O-])c2)cc1F. The fourth-order valence-corrected chi connectivity index (χ4v) is 4.00. The quantitative estimate of drug-likeness (QED) is 0.187. The van der Waals surface area contributed by atoms with Gasteiger partial charge in [0.2, 0.25) is 0 Å². The Kier molecular flexibility index (Phi) is 6.22. The van der Waals surface area contributed by atoms with E-state index in [1.54, 1.807) is 31.7 Å². The number of carbonyl (C=O) groups excluding carboxylic acids is 2. The summed E-state index contributed by atoms with van der Waals surface area (Å²) in [5.74, 6) is -2.88. The van der Waals surface area contributed by atoms with Crippen LogP contribution in [-0.2, 0) is 16.1 Å². The van der Waals surface area contributed by atoms with E-state index >= 15 is 0 Å². The van der Waals surface area contributed by atoms with Crippen LogP contribution in [-0.4, -0.2) is 42.7 Å². The lowest BCUT2D eigenvalue weighted by molar-refractivity contribution is -0.384. The molecule has 1 saturated heterocycles. The second-order valence-corrected chi connectivity index (χ2v) is 7.96. The summed E-state index contributed by atoms with van der Waals surface area (Å²) < 4.78 is 16.0. The largest absolute Gasteiger partial charge is 0.507 e. The topological polar surface area (TPSA) is 119 Å². The molecule has 1 aliphatic heterocycles. The van der Waals surface area contributed by atoms with Gasteiger partial charge in [-0.3, -0.25) is 19.7 Å². The van der Waals surface area contributed by atoms with Crippen LogP contribution >= 0.6 is 0 Å². The number of imidazole rings is 1. The second-order valence-electron chi connectivity index (χ2n) is 7.96. The van der Waals surface area contributed by atoms with E-state index in [-0.39, 0.29) is 23.4 Å². The Morgan fingerprint density at radius 3 is 2.68 bits per heavy atom. The first-order valence-electron chi connectivity index (χ1n) is 10.5. The van der Waals surface area contributed by atoms with Crippen molar-refractivity contribution in [3.8, 4) is 0 Å². The van der Waals surface area contributed by atoms with E-state index in [0.29, 0.717) is 24.1 Å². The molecule has 1 aliphatic rings. The van der Waals surface area contributed by atoms with Gasteiger partial charge in [0.25, 0.3) is 17.4 Å². The number of aryl methyl sites for hydroxylation is 2. The highest BCUT2D eigenvalue weighted by Crippen LogP contribution is 2.40. The molecule has 2 aromatic carbocycles. The average molecular weight is 464 g/mol. The maximum Gasteiger partial charge on any atom is 0.295 e. The Bertz CT molecular complexity index is 1300. The minimum atomic E-state index is -1.06. The van der Waals surface area contributed by atoms with Crippen molar-refractivity contribution in [2.24, 2.45) is 0 Å². The van der Waals surface area contributed by atoms with Crippen molar-refractivity contribution in [2.45, 2.75) is 25.9 Å². The summed E-state index contributed by atoms with van der Waals surface area (Å²) in [6, 6.07) is 8.49. The standard InChI is InChI=1S/C24H21FN4O5/c1-15-6-7-17(13-19(15)25)22(30)20-21(16-4-2-5-18(12-16)29(33)34)28(24(32)23(20)31)10-3-9-27-11-8-26-14-27/h2,4-8,11-14,21,30H,3,9-10H2,1H3. The molecule has 1 N–H and O–H groups in total. The lowest BCUT2D eigenvalue weighted by Gasteiger charge is -2.25. The monoisotopic (exact) mass is 464 g/mol. The molecule has 4 rings (SSSR count). The fourth-order valence-electron chi connectivity index (χ4n) is 4.00. The molecule has 0 bridgehead atoms. The van der Waals surface area contributed by atoms with Gasteiger partial charge in [0.15, 0.2) is 0 Å². The zero-order valence-electron chi connectivity index (χ0n) is 18.2. The van der Waals surface area contributed by atoms with Crippen LogP contribution in [0.15, 0.2) is 66.8 Å². The Morgan fingerprint density at radius 2 is 2.00 bits per heavy atom. The molecule has 3 aromatic rings. The Balaban J connectivity index is 1.79. The normalized spacial score (nSPS) is 17.4. The number of rotatable bonds is 7. The van der Waals surface area contributed by atoms with Gasteiger partial charge in [0.05, 0.1) is 22.9 Å². The summed E-state index contributed by atoms with van der Waals surface area (Å²) in [4.78, 5) is 42.0. The van der Waals surface area contributed by atoms with E-state index in [4.69, 9.17) is 0 Å². The Labute approximate surface area is 193 Å². The zero-order valence-corrected chi connectivity index (χ0v) is 18.2. The third-order valence-electron chi connectivity index (χ3n) is 5.76. The number of aliphatic hydroxyl groups excluding tert-OH is 1. The number of Topliss-reactive ketones (excluding diaryl/α,β-unsaturated/α-hetero) is 1. The van der Waals surface area contributed by atoms with Crippen LogP contribution < -0.4 is 0 Å². The number of amides is 1. The van der Waals surface area contributed by atoms with Gasteiger partial charge in [0.1, 0.15) is 11.6 Å². The number of halogens is 1. The lowest BCUT2D eigenvalue weighted by Crippen LogP contribution is -2.31. The molecule has 1 fully saturated rings. The van der Waals surface area contributed by atoms with Crippen molar-refractivity contribution in [3.05, 3.63) is 99.4 Å². The molecule has 1 unspecified atom stereocenters. The number of hydrogen-bond donors (Lipinski definition) is 1. The molecule has 9 nitrogen and oxygen atoms in total. The van der Waals surface area contributed by atoms with Crippen molar-refractivity contribution in [1.82, 2.24) is 14.5 Å². The van der Waals surface area contributed by atoms with Gasteiger partial charge in [0, 0.05) is 43.2 Å². The Morgan fingerprint density at radius 1 is 1.21 bits per heavy atom. The maximum atomic E-state index is 14.2. The summed E-state index contributed by atoms with van der Waals surface area (Å²) in [5, 5.41) is 22.3. The van der Waals surface area contributed by atoms with E-state index in [0.717, 1.165) is 6.07 Å². The van der Waals surface area contributed by atoms with Crippen molar-refractivity contribution in [1.29, 1.82) is 0 Å². The number of benzene rings is 2. The number of ketones is 1. The number of aromatic nitrogens is 2. The molecule has 34 heavy (non-hydrogen) atoms. The minimum absolute atomic E-state index is 0.0370. The highest BCUT2D eigenvalue weighted by atomic mass is 19.1.